The highest BCUT2D eigenvalue weighted by Gasteiger charge is 2.20. The van der Waals surface area contributed by atoms with Gasteiger partial charge in [-0.3, -0.25) is 4.68 Å². The zero-order valence-electron chi connectivity index (χ0n) is 11.0. The van der Waals surface area contributed by atoms with Crippen LogP contribution >= 0.6 is 0 Å². The van der Waals surface area contributed by atoms with E-state index >= 15 is 0 Å². The van der Waals surface area contributed by atoms with E-state index in [1.54, 1.807) is 24.0 Å². The lowest BCUT2D eigenvalue weighted by Gasteiger charge is -2.17. The van der Waals surface area contributed by atoms with Crippen molar-refractivity contribution in [2.24, 2.45) is 7.05 Å². The molecule has 0 aliphatic rings. The van der Waals surface area contributed by atoms with Crippen molar-refractivity contribution in [3.63, 3.8) is 0 Å². The number of hydrogen-bond donors (Lipinski definition) is 1. The first-order valence-corrected chi connectivity index (χ1v) is 6.29. The van der Waals surface area contributed by atoms with Gasteiger partial charge in [0.15, 0.2) is 0 Å². The standard InChI is InChI=1S/C14H17F2N3/c1-3-7-17-14(13-6-8-19(2)18-13)11-9-10(15)4-5-12(11)16/h4-6,8-9,14,17H,3,7H2,1-2H3. The molecule has 1 N–H and O–H groups in total. The molecule has 5 heteroatoms. The first kappa shape index (κ1) is 13.7. The quantitative estimate of drug-likeness (QED) is 0.901. The summed E-state index contributed by atoms with van der Waals surface area (Å²) < 4.78 is 28.9. The summed E-state index contributed by atoms with van der Waals surface area (Å²) in [6.45, 7) is 2.72. The van der Waals surface area contributed by atoms with Gasteiger partial charge in [0.25, 0.3) is 0 Å². The number of aromatic nitrogens is 2. The van der Waals surface area contributed by atoms with E-state index in [1.807, 2.05) is 6.92 Å². The van der Waals surface area contributed by atoms with Gasteiger partial charge in [0.2, 0.25) is 0 Å². The number of rotatable bonds is 5. The molecule has 0 fully saturated rings. The molecule has 0 radical (unpaired) electrons. The predicted molar refractivity (Wildman–Crippen MR) is 69.7 cm³/mol. The Morgan fingerprint density at radius 1 is 1.32 bits per heavy atom. The zero-order chi connectivity index (χ0) is 13.8. The topological polar surface area (TPSA) is 29.9 Å². The van der Waals surface area contributed by atoms with Crippen LogP contribution in [0.25, 0.3) is 0 Å². The molecule has 1 atom stereocenters. The number of nitrogens with one attached hydrogen (secondary N) is 1. The first-order chi connectivity index (χ1) is 9.11. The SMILES string of the molecule is CCCNC(c1ccn(C)n1)c1cc(F)ccc1F. The number of halogens is 2. The van der Waals surface area contributed by atoms with E-state index in [9.17, 15) is 8.78 Å². The second-order valence-corrected chi connectivity index (χ2v) is 4.47. The molecule has 1 aromatic heterocycles. The van der Waals surface area contributed by atoms with E-state index < -0.39 is 17.7 Å². The van der Waals surface area contributed by atoms with Crippen molar-refractivity contribution in [3.05, 3.63) is 53.4 Å². The van der Waals surface area contributed by atoms with Gasteiger partial charge in [-0.2, -0.15) is 5.10 Å². The molecule has 0 aliphatic heterocycles. The summed E-state index contributed by atoms with van der Waals surface area (Å²) in [7, 11) is 1.79. The zero-order valence-corrected chi connectivity index (χ0v) is 11.0. The molecular weight excluding hydrogens is 248 g/mol. The maximum absolute atomic E-state index is 13.9. The maximum Gasteiger partial charge on any atom is 0.128 e. The van der Waals surface area contributed by atoms with Crippen molar-refractivity contribution < 1.29 is 8.78 Å². The van der Waals surface area contributed by atoms with Crippen LogP contribution in [0.3, 0.4) is 0 Å². The molecule has 2 rings (SSSR count). The van der Waals surface area contributed by atoms with Crippen LogP contribution in [-0.2, 0) is 7.05 Å². The molecule has 0 saturated heterocycles. The van der Waals surface area contributed by atoms with Gasteiger partial charge in [-0.15, -0.1) is 0 Å². The van der Waals surface area contributed by atoms with Crippen molar-refractivity contribution in [2.75, 3.05) is 6.54 Å². The van der Waals surface area contributed by atoms with Gasteiger partial charge in [0.1, 0.15) is 11.6 Å². The molecule has 102 valence electrons. The van der Waals surface area contributed by atoms with Gasteiger partial charge in [-0.05, 0) is 37.2 Å². The summed E-state index contributed by atoms with van der Waals surface area (Å²) >= 11 is 0. The fourth-order valence-electron chi connectivity index (χ4n) is 1.99. The summed E-state index contributed by atoms with van der Waals surface area (Å²) in [5.74, 6) is -0.878. The summed E-state index contributed by atoms with van der Waals surface area (Å²) in [5.41, 5.74) is 0.965. The Hall–Kier alpha value is -1.75. The lowest BCUT2D eigenvalue weighted by molar-refractivity contribution is 0.524. The highest BCUT2D eigenvalue weighted by Crippen LogP contribution is 2.24. The molecule has 0 aliphatic carbocycles. The van der Waals surface area contributed by atoms with Crippen LogP contribution in [0.4, 0.5) is 8.78 Å². The number of hydrogen-bond acceptors (Lipinski definition) is 2. The average molecular weight is 265 g/mol. The Balaban J connectivity index is 2.39. The molecule has 0 amide bonds. The summed E-state index contributed by atoms with van der Waals surface area (Å²) in [4.78, 5) is 0. The van der Waals surface area contributed by atoms with E-state index in [-0.39, 0.29) is 5.56 Å². The maximum atomic E-state index is 13.9. The molecule has 1 aromatic carbocycles. The largest absolute Gasteiger partial charge is 0.305 e. The van der Waals surface area contributed by atoms with Crippen LogP contribution in [0, 0.1) is 11.6 Å². The second kappa shape index (κ2) is 5.93. The Bertz CT molecular complexity index is 551. The summed E-state index contributed by atoms with van der Waals surface area (Å²) in [5, 5.41) is 7.48. The fourth-order valence-corrected chi connectivity index (χ4v) is 1.99. The lowest BCUT2D eigenvalue weighted by Crippen LogP contribution is -2.24. The summed E-state index contributed by atoms with van der Waals surface area (Å²) in [6, 6.07) is 4.86. The highest BCUT2D eigenvalue weighted by molar-refractivity contribution is 5.29. The van der Waals surface area contributed by atoms with Gasteiger partial charge in [-0.25, -0.2) is 8.78 Å². The lowest BCUT2D eigenvalue weighted by atomic mass is 10.0. The molecule has 1 heterocycles. The normalized spacial score (nSPS) is 12.6. The molecule has 19 heavy (non-hydrogen) atoms. The van der Waals surface area contributed by atoms with E-state index in [1.165, 1.54) is 6.07 Å². The Kier molecular flexibility index (Phi) is 4.27. The molecular formula is C14H17F2N3. The van der Waals surface area contributed by atoms with Crippen molar-refractivity contribution in [3.8, 4) is 0 Å². The van der Waals surface area contributed by atoms with Gasteiger partial charge >= 0.3 is 0 Å². The van der Waals surface area contributed by atoms with E-state index in [0.29, 0.717) is 12.2 Å². The van der Waals surface area contributed by atoms with Crippen molar-refractivity contribution in [1.82, 2.24) is 15.1 Å². The molecule has 0 bridgehead atoms. The highest BCUT2D eigenvalue weighted by atomic mass is 19.1. The Morgan fingerprint density at radius 3 is 2.74 bits per heavy atom. The third-order valence-electron chi connectivity index (χ3n) is 2.90. The van der Waals surface area contributed by atoms with E-state index in [0.717, 1.165) is 18.6 Å². The van der Waals surface area contributed by atoms with Gasteiger partial charge in [-0.1, -0.05) is 6.92 Å². The number of nitrogens with zero attached hydrogens (tertiary/aromatic N) is 2. The molecule has 1 unspecified atom stereocenters. The minimum Gasteiger partial charge on any atom is -0.305 e. The van der Waals surface area contributed by atoms with Crippen molar-refractivity contribution in [1.29, 1.82) is 0 Å². The van der Waals surface area contributed by atoms with Gasteiger partial charge in [0.05, 0.1) is 11.7 Å². The minimum atomic E-state index is -0.448. The van der Waals surface area contributed by atoms with Crippen LogP contribution in [-0.4, -0.2) is 16.3 Å². The van der Waals surface area contributed by atoms with Crippen molar-refractivity contribution >= 4 is 0 Å². The Labute approximate surface area is 111 Å². The van der Waals surface area contributed by atoms with Crippen LogP contribution in [0.2, 0.25) is 0 Å². The minimum absolute atomic E-state index is 0.284. The molecule has 0 spiro atoms. The number of benzene rings is 1. The van der Waals surface area contributed by atoms with Crippen LogP contribution < -0.4 is 5.32 Å². The Morgan fingerprint density at radius 2 is 2.11 bits per heavy atom. The molecule has 2 aromatic rings. The second-order valence-electron chi connectivity index (χ2n) is 4.47. The first-order valence-electron chi connectivity index (χ1n) is 6.29. The van der Waals surface area contributed by atoms with Crippen LogP contribution in [0.15, 0.2) is 30.5 Å². The van der Waals surface area contributed by atoms with E-state index in [2.05, 4.69) is 10.4 Å². The fraction of sp³-hybridized carbons (Fsp3) is 0.357. The summed E-state index contributed by atoms with van der Waals surface area (Å²) in [6.07, 6.45) is 2.69. The smallest absolute Gasteiger partial charge is 0.128 e. The molecule has 3 nitrogen and oxygen atoms in total. The number of aryl methyl sites for hydroxylation is 1. The average Bonchev–Trinajstić information content (AvgIpc) is 2.80. The monoisotopic (exact) mass is 265 g/mol. The third-order valence-corrected chi connectivity index (χ3v) is 2.90. The van der Waals surface area contributed by atoms with Crippen LogP contribution in [0.5, 0.6) is 0 Å². The van der Waals surface area contributed by atoms with Gasteiger partial charge in [0, 0.05) is 18.8 Å². The van der Waals surface area contributed by atoms with E-state index in [4.69, 9.17) is 0 Å². The van der Waals surface area contributed by atoms with Gasteiger partial charge < -0.3 is 5.32 Å². The predicted octanol–water partition coefficient (Wildman–Crippen LogP) is 2.79. The van der Waals surface area contributed by atoms with Crippen LogP contribution in [0.1, 0.15) is 30.6 Å². The molecule has 0 saturated carbocycles. The third kappa shape index (κ3) is 3.17. The van der Waals surface area contributed by atoms with Crippen molar-refractivity contribution in [2.45, 2.75) is 19.4 Å².